The van der Waals surface area contributed by atoms with E-state index in [9.17, 15) is 9.18 Å². The summed E-state index contributed by atoms with van der Waals surface area (Å²) >= 11 is 1.63. The molecule has 0 saturated heterocycles. The molecule has 0 unspecified atom stereocenters. The Morgan fingerprint density at radius 2 is 2.15 bits per heavy atom. The lowest BCUT2D eigenvalue weighted by molar-refractivity contribution is 0.0950. The maximum Gasteiger partial charge on any atom is 0.253 e. The van der Waals surface area contributed by atoms with Crippen LogP contribution in [0.5, 0.6) is 0 Å². The molecular weight excluding hydrogens is 275 g/mol. The van der Waals surface area contributed by atoms with E-state index in [0.717, 1.165) is 22.6 Å². The van der Waals surface area contributed by atoms with Gasteiger partial charge in [0, 0.05) is 24.2 Å². The normalized spacial score (nSPS) is 10.6. The van der Waals surface area contributed by atoms with Crippen LogP contribution in [0.4, 0.5) is 4.39 Å². The lowest BCUT2D eigenvalue weighted by Gasteiger charge is -2.10. The van der Waals surface area contributed by atoms with E-state index in [1.54, 1.807) is 30.1 Å². The van der Waals surface area contributed by atoms with E-state index in [-0.39, 0.29) is 11.7 Å². The predicted octanol–water partition coefficient (Wildman–Crippen LogP) is 3.26. The average molecular weight is 292 g/mol. The summed E-state index contributed by atoms with van der Waals surface area (Å²) in [5.74, 6) is 0.361. The number of halogens is 1. The molecule has 2 N–H and O–H groups in total. The number of benzene rings is 1. The van der Waals surface area contributed by atoms with Crippen molar-refractivity contribution in [2.24, 2.45) is 0 Å². The molecule has 0 atom stereocenters. The molecule has 0 saturated carbocycles. The van der Waals surface area contributed by atoms with Crippen molar-refractivity contribution in [3.63, 3.8) is 0 Å². The first-order valence-electron chi connectivity index (χ1n) is 6.30. The Hall–Kier alpha value is -1.75. The first-order valence-corrected chi connectivity index (χ1v) is 7.69. The van der Waals surface area contributed by atoms with Crippen LogP contribution in [0.15, 0.2) is 30.5 Å². The van der Waals surface area contributed by atoms with Crippen LogP contribution in [0.1, 0.15) is 27.2 Å². The Morgan fingerprint density at radius 3 is 2.80 bits per heavy atom. The Labute approximate surface area is 122 Å². The molecule has 0 radical (unpaired) electrons. The first-order chi connectivity index (χ1) is 9.61. The number of nitrogens with one attached hydrogen (secondary N) is 2. The largest absolute Gasteiger partial charge is 0.365 e. The van der Waals surface area contributed by atoms with Crippen LogP contribution in [-0.4, -0.2) is 17.1 Å². The molecule has 3 nitrogen and oxygen atoms in total. The summed E-state index contributed by atoms with van der Waals surface area (Å²) in [6.45, 7) is 2.26. The van der Waals surface area contributed by atoms with E-state index in [1.807, 2.05) is 13.2 Å². The van der Waals surface area contributed by atoms with E-state index in [1.165, 1.54) is 12.1 Å². The molecule has 1 amide bonds. The second kappa shape index (κ2) is 6.61. The van der Waals surface area contributed by atoms with Crippen molar-refractivity contribution in [3.8, 4) is 0 Å². The van der Waals surface area contributed by atoms with E-state index in [0.29, 0.717) is 12.1 Å². The van der Waals surface area contributed by atoms with Crippen LogP contribution in [0, 0.1) is 12.7 Å². The van der Waals surface area contributed by atoms with Gasteiger partial charge in [-0.3, -0.25) is 4.79 Å². The van der Waals surface area contributed by atoms with Gasteiger partial charge in [-0.25, -0.2) is 4.39 Å². The zero-order valence-corrected chi connectivity index (χ0v) is 12.3. The Balaban J connectivity index is 2.07. The SMILES string of the molecule is CSCc1cc(F)ccc1CNC(=O)c1cc[nH]c1C. The quantitative estimate of drug-likeness (QED) is 0.888. The molecule has 2 aromatic rings. The average Bonchev–Trinajstić information content (AvgIpc) is 2.84. The van der Waals surface area contributed by atoms with E-state index in [4.69, 9.17) is 0 Å². The molecule has 1 aromatic carbocycles. The first kappa shape index (κ1) is 14.7. The van der Waals surface area contributed by atoms with Crippen LogP contribution in [0.2, 0.25) is 0 Å². The van der Waals surface area contributed by atoms with Crippen molar-refractivity contribution in [2.45, 2.75) is 19.2 Å². The summed E-state index contributed by atoms with van der Waals surface area (Å²) in [5, 5.41) is 2.87. The number of hydrogen-bond donors (Lipinski definition) is 2. The van der Waals surface area contributed by atoms with E-state index in [2.05, 4.69) is 10.3 Å². The second-order valence-corrected chi connectivity index (χ2v) is 5.41. The minimum Gasteiger partial charge on any atom is -0.365 e. The highest BCUT2D eigenvalue weighted by Gasteiger charge is 2.10. The third-order valence-corrected chi connectivity index (χ3v) is 3.71. The highest BCUT2D eigenvalue weighted by molar-refractivity contribution is 7.97. The minimum absolute atomic E-state index is 0.122. The molecule has 0 bridgehead atoms. The summed E-state index contributed by atoms with van der Waals surface area (Å²) in [6, 6.07) is 6.43. The number of aromatic amines is 1. The van der Waals surface area contributed by atoms with Crippen molar-refractivity contribution in [2.75, 3.05) is 6.26 Å². The zero-order chi connectivity index (χ0) is 14.5. The van der Waals surface area contributed by atoms with Crippen LogP contribution in [-0.2, 0) is 12.3 Å². The maximum atomic E-state index is 13.2. The van der Waals surface area contributed by atoms with Gasteiger partial charge in [0.25, 0.3) is 5.91 Å². The summed E-state index contributed by atoms with van der Waals surface area (Å²) in [7, 11) is 0. The molecule has 106 valence electrons. The smallest absolute Gasteiger partial charge is 0.253 e. The van der Waals surface area contributed by atoms with Gasteiger partial charge in [0.1, 0.15) is 5.82 Å². The number of aryl methyl sites for hydroxylation is 1. The monoisotopic (exact) mass is 292 g/mol. The molecule has 0 spiro atoms. The highest BCUT2D eigenvalue weighted by atomic mass is 32.2. The molecule has 20 heavy (non-hydrogen) atoms. The summed E-state index contributed by atoms with van der Waals surface area (Å²) in [4.78, 5) is 15.0. The van der Waals surface area contributed by atoms with Crippen LogP contribution in [0.3, 0.4) is 0 Å². The summed E-state index contributed by atoms with van der Waals surface area (Å²) < 4.78 is 13.2. The van der Waals surface area contributed by atoms with Gasteiger partial charge >= 0.3 is 0 Å². The Kier molecular flexibility index (Phi) is 4.84. The van der Waals surface area contributed by atoms with Crippen molar-refractivity contribution in [1.82, 2.24) is 10.3 Å². The number of hydrogen-bond acceptors (Lipinski definition) is 2. The fraction of sp³-hybridized carbons (Fsp3) is 0.267. The fourth-order valence-corrected chi connectivity index (χ4v) is 2.61. The number of H-pyrrole nitrogens is 1. The van der Waals surface area contributed by atoms with Gasteiger partial charge < -0.3 is 10.3 Å². The Morgan fingerprint density at radius 1 is 1.35 bits per heavy atom. The van der Waals surface area contributed by atoms with Gasteiger partial charge in [-0.05, 0) is 42.5 Å². The molecule has 1 heterocycles. The van der Waals surface area contributed by atoms with Crippen molar-refractivity contribution in [3.05, 3.63) is 58.7 Å². The van der Waals surface area contributed by atoms with Crippen LogP contribution in [0.25, 0.3) is 0 Å². The van der Waals surface area contributed by atoms with E-state index >= 15 is 0 Å². The molecule has 0 aliphatic heterocycles. The molecular formula is C15H17FN2OS. The number of aromatic nitrogens is 1. The van der Waals surface area contributed by atoms with Gasteiger partial charge in [-0.15, -0.1) is 0 Å². The molecule has 5 heteroatoms. The van der Waals surface area contributed by atoms with Gasteiger partial charge in [0.05, 0.1) is 5.56 Å². The van der Waals surface area contributed by atoms with Crippen molar-refractivity contribution < 1.29 is 9.18 Å². The van der Waals surface area contributed by atoms with Crippen LogP contribution < -0.4 is 5.32 Å². The van der Waals surface area contributed by atoms with E-state index < -0.39 is 0 Å². The third kappa shape index (κ3) is 3.42. The second-order valence-electron chi connectivity index (χ2n) is 4.55. The Bertz CT molecular complexity index is 610. The number of carbonyl (C=O) groups is 1. The van der Waals surface area contributed by atoms with Crippen molar-refractivity contribution in [1.29, 1.82) is 0 Å². The molecule has 0 aliphatic carbocycles. The lowest BCUT2D eigenvalue weighted by atomic mass is 10.1. The third-order valence-electron chi connectivity index (χ3n) is 3.11. The molecule has 2 rings (SSSR count). The lowest BCUT2D eigenvalue weighted by Crippen LogP contribution is -2.23. The van der Waals surface area contributed by atoms with Gasteiger partial charge in [0.15, 0.2) is 0 Å². The van der Waals surface area contributed by atoms with Gasteiger partial charge in [-0.1, -0.05) is 6.07 Å². The number of rotatable bonds is 5. The van der Waals surface area contributed by atoms with Gasteiger partial charge in [-0.2, -0.15) is 11.8 Å². The van der Waals surface area contributed by atoms with Crippen molar-refractivity contribution >= 4 is 17.7 Å². The summed E-state index contributed by atoms with van der Waals surface area (Å²) in [6.07, 6.45) is 3.71. The maximum absolute atomic E-state index is 13.2. The number of thioether (sulfide) groups is 1. The summed E-state index contributed by atoms with van der Waals surface area (Å²) in [5.41, 5.74) is 3.34. The predicted molar refractivity (Wildman–Crippen MR) is 80.3 cm³/mol. The number of carbonyl (C=O) groups excluding carboxylic acids is 1. The minimum atomic E-state index is -0.245. The van der Waals surface area contributed by atoms with Gasteiger partial charge in [0.2, 0.25) is 0 Å². The molecule has 1 aromatic heterocycles. The standard InChI is InChI=1S/C15H17FN2OS/c1-10-14(5-6-17-10)15(19)18-8-11-3-4-13(16)7-12(11)9-20-2/h3-7,17H,8-9H2,1-2H3,(H,18,19). The van der Waals surface area contributed by atoms with Crippen LogP contribution >= 0.6 is 11.8 Å². The molecule has 0 fully saturated rings. The molecule has 0 aliphatic rings. The fourth-order valence-electron chi connectivity index (χ4n) is 2.03. The highest BCUT2D eigenvalue weighted by Crippen LogP contribution is 2.17. The zero-order valence-electron chi connectivity index (χ0n) is 11.5. The number of amides is 1. The topological polar surface area (TPSA) is 44.9 Å².